The molecule has 1 aromatic heterocycles. The van der Waals surface area contributed by atoms with E-state index in [1.807, 2.05) is 56.4 Å². The third-order valence-corrected chi connectivity index (χ3v) is 6.19. The van der Waals surface area contributed by atoms with Gasteiger partial charge in [0.25, 0.3) is 0 Å². The summed E-state index contributed by atoms with van der Waals surface area (Å²) in [5.74, 6) is 2.42. The monoisotopic (exact) mass is 495 g/mol. The maximum atomic E-state index is 12.0. The number of hydrogen-bond acceptors (Lipinski definition) is 6. The summed E-state index contributed by atoms with van der Waals surface area (Å²) in [5.41, 5.74) is 2.88. The normalized spacial score (nSPS) is 10.9. The van der Waals surface area contributed by atoms with Crippen molar-refractivity contribution in [1.29, 1.82) is 0 Å². The Hall–Kier alpha value is -3.55. The van der Waals surface area contributed by atoms with Crippen molar-refractivity contribution in [3.63, 3.8) is 0 Å². The first-order chi connectivity index (χ1) is 17.5. The highest BCUT2D eigenvalue weighted by atomic mass is 16.5. The van der Waals surface area contributed by atoms with Gasteiger partial charge in [0.1, 0.15) is 17.3 Å². The summed E-state index contributed by atoms with van der Waals surface area (Å²) in [5, 5.41) is 0. The minimum Gasteiger partial charge on any atom is -0.497 e. The lowest BCUT2D eigenvalue weighted by atomic mass is 10.2. The molecule has 8 nitrogen and oxygen atoms in total. The van der Waals surface area contributed by atoms with Crippen LogP contribution in [0.5, 0.6) is 11.5 Å². The summed E-state index contributed by atoms with van der Waals surface area (Å²) in [4.78, 5) is 29.9. The van der Waals surface area contributed by atoms with E-state index < -0.39 is 0 Å². The zero-order valence-electron chi connectivity index (χ0n) is 21.8. The average Bonchev–Trinajstić information content (AvgIpc) is 3.27. The highest BCUT2D eigenvalue weighted by Crippen LogP contribution is 2.29. The number of amides is 1. The first-order valence-corrected chi connectivity index (χ1v) is 12.5. The first kappa shape index (κ1) is 27.0. The second kappa shape index (κ2) is 13.5. The van der Waals surface area contributed by atoms with Crippen molar-refractivity contribution in [3.8, 4) is 22.9 Å². The highest BCUT2D eigenvalue weighted by molar-refractivity contribution is 5.82. The predicted molar refractivity (Wildman–Crippen MR) is 140 cm³/mol. The molecule has 2 aromatic carbocycles. The van der Waals surface area contributed by atoms with Crippen LogP contribution in [0.1, 0.15) is 45.4 Å². The second-order valence-corrected chi connectivity index (χ2v) is 8.72. The van der Waals surface area contributed by atoms with Crippen LogP contribution >= 0.6 is 0 Å². The van der Waals surface area contributed by atoms with E-state index in [1.54, 1.807) is 12.0 Å². The van der Waals surface area contributed by atoms with E-state index >= 15 is 0 Å². The molecule has 194 valence electrons. The lowest BCUT2D eigenvalue weighted by Gasteiger charge is -2.17. The summed E-state index contributed by atoms with van der Waals surface area (Å²) in [6, 6.07) is 13.8. The number of hydrogen-bond donors (Lipinski definition) is 0. The molecule has 0 saturated carbocycles. The Labute approximate surface area is 213 Å². The summed E-state index contributed by atoms with van der Waals surface area (Å²) < 4.78 is 18.2. The average molecular weight is 496 g/mol. The topological polar surface area (TPSA) is 82.9 Å². The number of benzene rings is 2. The minimum atomic E-state index is -0.174. The number of carbonyl (C=O) groups excluding carboxylic acids is 2. The molecular weight excluding hydrogens is 458 g/mol. The molecule has 0 saturated heterocycles. The number of nitrogens with zero attached hydrogens (tertiary/aromatic N) is 3. The van der Waals surface area contributed by atoms with Crippen LogP contribution in [-0.4, -0.2) is 60.7 Å². The van der Waals surface area contributed by atoms with Crippen molar-refractivity contribution < 1.29 is 23.8 Å². The highest BCUT2D eigenvalue weighted by Gasteiger charge is 2.15. The number of unbranched alkanes of at least 4 members (excludes halogenated alkanes) is 2. The molecule has 36 heavy (non-hydrogen) atoms. The Bertz CT molecular complexity index is 1140. The molecule has 0 aliphatic heterocycles. The number of methoxy groups -OCH3 is 2. The van der Waals surface area contributed by atoms with Crippen molar-refractivity contribution in [1.82, 2.24) is 14.5 Å². The van der Waals surface area contributed by atoms with Gasteiger partial charge in [-0.2, -0.15) is 0 Å². The Balaban J connectivity index is 1.76. The van der Waals surface area contributed by atoms with E-state index in [4.69, 9.17) is 14.5 Å². The molecule has 0 atom stereocenters. The van der Waals surface area contributed by atoms with Gasteiger partial charge in [-0.1, -0.05) is 6.92 Å². The van der Waals surface area contributed by atoms with Gasteiger partial charge in [-0.05, 0) is 62.1 Å². The summed E-state index contributed by atoms with van der Waals surface area (Å²) in [7, 11) is 4.91. The van der Waals surface area contributed by atoms with Crippen molar-refractivity contribution in [2.24, 2.45) is 0 Å². The van der Waals surface area contributed by atoms with Gasteiger partial charge in [0, 0.05) is 44.6 Å². The number of rotatable bonds is 14. The summed E-state index contributed by atoms with van der Waals surface area (Å²) >= 11 is 0. The predicted octanol–water partition coefficient (Wildman–Crippen LogP) is 5.08. The molecule has 0 radical (unpaired) electrons. The third-order valence-electron chi connectivity index (χ3n) is 6.19. The largest absolute Gasteiger partial charge is 0.497 e. The number of imidazole rings is 1. The molecule has 0 spiro atoms. The van der Waals surface area contributed by atoms with Gasteiger partial charge >= 0.3 is 5.97 Å². The SMILES string of the molecule is CCC(=O)N(C)CCCn1c(-c2ccc(OC)cc2)nc2ccc(OCCCCCC(=O)OC)cc21. The van der Waals surface area contributed by atoms with Crippen LogP contribution in [0.3, 0.4) is 0 Å². The Morgan fingerprint density at radius 3 is 2.42 bits per heavy atom. The maximum absolute atomic E-state index is 12.0. The number of esters is 1. The fourth-order valence-electron chi connectivity index (χ4n) is 4.08. The molecule has 0 unspecified atom stereocenters. The Morgan fingerprint density at radius 2 is 1.72 bits per heavy atom. The molecule has 0 aliphatic rings. The van der Waals surface area contributed by atoms with Crippen molar-refractivity contribution in [3.05, 3.63) is 42.5 Å². The van der Waals surface area contributed by atoms with E-state index in [2.05, 4.69) is 9.30 Å². The first-order valence-electron chi connectivity index (χ1n) is 12.5. The van der Waals surface area contributed by atoms with Crippen molar-refractivity contribution in [2.45, 2.75) is 52.0 Å². The quantitative estimate of drug-likeness (QED) is 0.229. The number of carbonyl (C=O) groups is 2. The molecule has 3 rings (SSSR count). The number of aromatic nitrogens is 2. The van der Waals surface area contributed by atoms with E-state index in [9.17, 15) is 9.59 Å². The molecule has 1 heterocycles. The summed E-state index contributed by atoms with van der Waals surface area (Å²) in [6.07, 6.45) is 4.31. The second-order valence-electron chi connectivity index (χ2n) is 8.72. The Morgan fingerprint density at radius 1 is 0.972 bits per heavy atom. The molecule has 0 fully saturated rings. The lowest BCUT2D eigenvalue weighted by Crippen LogP contribution is -2.27. The van der Waals surface area contributed by atoms with Gasteiger partial charge in [-0.3, -0.25) is 9.59 Å². The van der Waals surface area contributed by atoms with Crippen molar-refractivity contribution >= 4 is 22.9 Å². The van der Waals surface area contributed by atoms with Crippen LogP contribution in [0.2, 0.25) is 0 Å². The number of fused-ring (bicyclic) bond motifs is 1. The molecule has 0 bridgehead atoms. The van der Waals surface area contributed by atoms with Crippen LogP contribution in [0, 0.1) is 0 Å². The van der Waals surface area contributed by atoms with Crippen LogP contribution in [0.15, 0.2) is 42.5 Å². The number of aryl methyl sites for hydroxylation is 1. The fraction of sp³-hybridized carbons (Fsp3) is 0.464. The van der Waals surface area contributed by atoms with E-state index in [0.29, 0.717) is 26.0 Å². The maximum Gasteiger partial charge on any atom is 0.305 e. The summed E-state index contributed by atoms with van der Waals surface area (Å²) in [6.45, 7) is 3.85. The smallest absolute Gasteiger partial charge is 0.305 e. The zero-order chi connectivity index (χ0) is 25.9. The van der Waals surface area contributed by atoms with E-state index in [1.165, 1.54) is 7.11 Å². The standard InChI is InChI=1S/C28H37N3O5/c1-5-26(32)30(2)17-9-18-31-25-20-23(36-19-8-6-7-10-27(33)35-4)15-16-24(25)29-28(31)21-11-13-22(34-3)14-12-21/h11-16,20H,5-10,17-19H2,1-4H3. The molecule has 3 aromatic rings. The molecule has 8 heteroatoms. The van der Waals surface area contributed by atoms with Crippen LogP contribution in [-0.2, 0) is 20.9 Å². The van der Waals surface area contributed by atoms with Crippen molar-refractivity contribution in [2.75, 3.05) is 34.4 Å². The fourth-order valence-corrected chi connectivity index (χ4v) is 4.08. The van der Waals surface area contributed by atoms with Gasteiger partial charge in [0.05, 0.1) is 31.9 Å². The van der Waals surface area contributed by atoms with Gasteiger partial charge in [0.2, 0.25) is 5.91 Å². The van der Waals surface area contributed by atoms with Gasteiger partial charge in [0.15, 0.2) is 0 Å². The minimum absolute atomic E-state index is 0.142. The molecule has 0 N–H and O–H groups in total. The van der Waals surface area contributed by atoms with E-state index in [0.717, 1.165) is 66.1 Å². The Kier molecular flexibility index (Phi) is 10.2. The van der Waals surface area contributed by atoms with Gasteiger partial charge in [-0.15, -0.1) is 0 Å². The lowest BCUT2D eigenvalue weighted by molar-refractivity contribution is -0.140. The van der Waals surface area contributed by atoms with Gasteiger partial charge < -0.3 is 23.7 Å². The molecule has 1 amide bonds. The van der Waals surface area contributed by atoms with Crippen LogP contribution in [0.4, 0.5) is 0 Å². The zero-order valence-corrected chi connectivity index (χ0v) is 21.8. The van der Waals surface area contributed by atoms with Crippen LogP contribution < -0.4 is 9.47 Å². The number of ether oxygens (including phenoxy) is 3. The van der Waals surface area contributed by atoms with Crippen LogP contribution in [0.25, 0.3) is 22.4 Å². The van der Waals surface area contributed by atoms with Gasteiger partial charge in [-0.25, -0.2) is 4.98 Å². The molecular formula is C28H37N3O5. The third kappa shape index (κ3) is 7.23. The molecule has 0 aliphatic carbocycles. The van der Waals surface area contributed by atoms with E-state index in [-0.39, 0.29) is 11.9 Å².